The molecule has 1 aromatic rings. The predicted octanol–water partition coefficient (Wildman–Crippen LogP) is -5.18. The van der Waals surface area contributed by atoms with Gasteiger partial charge in [-0.05, 0) is 0 Å². The van der Waals surface area contributed by atoms with E-state index in [2.05, 4.69) is 11.2 Å². The molecule has 8 heavy (non-hydrogen) atoms. The first-order valence-electron chi connectivity index (χ1n) is 1.49. The summed E-state index contributed by atoms with van der Waals surface area (Å²) in [6.45, 7) is 0. The van der Waals surface area contributed by atoms with E-state index < -0.39 is 0 Å². The van der Waals surface area contributed by atoms with Crippen molar-refractivity contribution >= 4 is 0 Å². The molecule has 1 heterocycles. The van der Waals surface area contributed by atoms with Gasteiger partial charge in [0.2, 0.25) is 0 Å². The van der Waals surface area contributed by atoms with Gasteiger partial charge in [0, 0.05) is 0 Å². The third kappa shape index (κ3) is 6.51. The van der Waals surface area contributed by atoms with Gasteiger partial charge in [-0.1, -0.05) is 0 Å². The Labute approximate surface area is 74.4 Å². The minimum atomic E-state index is 0. The van der Waals surface area contributed by atoms with Crippen LogP contribution in [0.2, 0.25) is 0 Å². The van der Waals surface area contributed by atoms with Crippen LogP contribution in [0.1, 0.15) is 0 Å². The third-order valence-electron chi connectivity index (χ3n) is 0.442. The van der Waals surface area contributed by atoms with Gasteiger partial charge in [-0.2, -0.15) is 18.3 Å². The van der Waals surface area contributed by atoms with Crippen LogP contribution in [0, 0.1) is 6.20 Å². The van der Waals surface area contributed by atoms with Gasteiger partial charge in [0.25, 0.3) is 0 Å². The van der Waals surface area contributed by atoms with Crippen LogP contribution in [0.15, 0.2) is 18.3 Å². The average Bonchev–Trinajstić information content (AvgIpc) is 1.76. The van der Waals surface area contributed by atoms with Crippen molar-refractivity contribution in [1.29, 1.82) is 0 Å². The summed E-state index contributed by atoms with van der Waals surface area (Å²) in [6.07, 6.45) is 4.56. The van der Waals surface area contributed by atoms with E-state index in [1.54, 1.807) is 0 Å². The van der Waals surface area contributed by atoms with Crippen molar-refractivity contribution in [2.75, 3.05) is 0 Å². The van der Waals surface area contributed by atoms with E-state index in [0.717, 1.165) is 0 Å². The Morgan fingerprint density at radius 3 is 2.00 bits per heavy atom. The molecule has 0 unspecified atom stereocenters. The van der Waals surface area contributed by atoms with Gasteiger partial charge in [-0.3, -0.25) is 0 Å². The molecule has 4 heteroatoms. The van der Waals surface area contributed by atoms with E-state index in [1.807, 2.05) is 18.3 Å². The minimum absolute atomic E-state index is 0. The maximum Gasteiger partial charge on any atom is 3.00 e. The fourth-order valence-corrected chi connectivity index (χ4v) is 0.241. The molecule has 1 N–H and O–H groups in total. The first-order chi connectivity index (χ1) is 2.50. The second-order valence-corrected chi connectivity index (χ2v) is 0.814. The fourth-order valence-electron chi connectivity index (χ4n) is 0.241. The maximum atomic E-state index is 2.74. The molecular weight excluding hydrogens is 325 g/mol. The fraction of sp³-hybridized carbons (Fsp3) is 0. The topological polar surface area (TPSA) is 15.8 Å². The molecule has 1 nitrogen and oxygen atoms in total. The van der Waals surface area contributed by atoms with E-state index in [4.69, 9.17) is 0 Å². The molecule has 0 amide bonds. The number of halogens is 2. The van der Waals surface area contributed by atoms with Crippen LogP contribution >= 0.6 is 0 Å². The van der Waals surface area contributed by atoms with Crippen LogP contribution < -0.4 is 24.8 Å². The first kappa shape index (κ1) is 15.8. The zero-order valence-corrected chi connectivity index (χ0v) is 7.73. The molecule has 0 atom stereocenters. The normalized spacial score (nSPS) is 5.00. The molecule has 1 rings (SSSR count). The largest absolute Gasteiger partial charge is 3.00 e. The van der Waals surface area contributed by atoms with E-state index in [-0.39, 0.29) is 44.9 Å². The molecule has 0 aliphatic carbocycles. The molecule has 0 aliphatic rings. The van der Waals surface area contributed by atoms with Crippen molar-refractivity contribution in [2.45, 2.75) is 0 Å². The van der Waals surface area contributed by atoms with Crippen LogP contribution in [0.3, 0.4) is 0 Å². The molecule has 0 saturated carbocycles. The average molecular weight is 329 g/mol. The quantitative estimate of drug-likeness (QED) is 0.458. The van der Waals surface area contributed by atoms with Crippen LogP contribution in [0.25, 0.3) is 0 Å². The van der Waals surface area contributed by atoms with Crippen LogP contribution in [-0.4, -0.2) is 4.98 Å². The minimum Gasteiger partial charge on any atom is -1.00 e. The van der Waals surface area contributed by atoms with Crippen molar-refractivity contribution < 1.29 is 44.9 Å². The second-order valence-electron chi connectivity index (χ2n) is 0.814. The molecule has 0 aliphatic heterocycles. The summed E-state index contributed by atoms with van der Waals surface area (Å²) in [6, 6.07) is 3.71. The zero-order valence-electron chi connectivity index (χ0n) is 3.82. The van der Waals surface area contributed by atoms with Crippen LogP contribution in [0.4, 0.5) is 0 Å². The Bertz CT molecular complexity index is 70.5. The van der Waals surface area contributed by atoms with Crippen molar-refractivity contribution in [3.8, 4) is 0 Å². The molecule has 0 spiro atoms. The van der Waals surface area contributed by atoms with Gasteiger partial charge < -0.3 is 29.8 Å². The van der Waals surface area contributed by atoms with Gasteiger partial charge in [-0.25, -0.2) is 0 Å². The van der Waals surface area contributed by atoms with Crippen LogP contribution in [-0.2, 0) is 20.1 Å². The summed E-state index contributed by atoms with van der Waals surface area (Å²) >= 11 is 0. The monoisotopic (exact) mass is 329 g/mol. The summed E-state index contributed by atoms with van der Waals surface area (Å²) in [4.78, 5) is 2.74. The SMILES string of the molecule is [Cl-].[Cl-].[Ir+3].[c-]1ccc[nH]1. The molecule has 0 fully saturated rings. The number of aromatic amines is 1. The van der Waals surface area contributed by atoms with E-state index in [1.165, 1.54) is 0 Å². The molecule has 1 aromatic heterocycles. The number of nitrogens with one attached hydrogen (secondary N) is 1. The number of hydrogen-bond acceptors (Lipinski definition) is 0. The van der Waals surface area contributed by atoms with Crippen molar-refractivity contribution in [3.05, 3.63) is 24.5 Å². The van der Waals surface area contributed by atoms with Gasteiger partial charge in [-0.15, -0.1) is 6.20 Å². The van der Waals surface area contributed by atoms with Crippen molar-refractivity contribution in [2.24, 2.45) is 0 Å². The third-order valence-corrected chi connectivity index (χ3v) is 0.442. The van der Waals surface area contributed by atoms with E-state index in [0.29, 0.717) is 0 Å². The van der Waals surface area contributed by atoms with Crippen LogP contribution in [0.5, 0.6) is 0 Å². The Kier molecular flexibility index (Phi) is 20.7. The van der Waals surface area contributed by atoms with Gasteiger partial charge >= 0.3 is 20.1 Å². The second kappa shape index (κ2) is 10.5. The summed E-state index contributed by atoms with van der Waals surface area (Å²) in [5, 5.41) is 0. The molecule has 0 saturated heterocycles. The first-order valence-corrected chi connectivity index (χ1v) is 1.49. The number of aromatic nitrogens is 1. The standard InChI is InChI=1S/C4H4N.2ClH.Ir/c1-2-4-5-3-1;;;/h1-3,5H;2*1H;/q-1;;;+3/p-2. The predicted molar refractivity (Wildman–Crippen MR) is 19.6 cm³/mol. The Morgan fingerprint density at radius 1 is 1.25 bits per heavy atom. The molecule has 48 valence electrons. The number of hydrogen-bond donors (Lipinski definition) is 1. The van der Waals surface area contributed by atoms with Gasteiger partial charge in [0.1, 0.15) is 0 Å². The summed E-state index contributed by atoms with van der Waals surface area (Å²) in [7, 11) is 0. The van der Waals surface area contributed by atoms with Crippen molar-refractivity contribution in [3.63, 3.8) is 0 Å². The smallest absolute Gasteiger partial charge is 1.00 e. The van der Waals surface area contributed by atoms with E-state index >= 15 is 0 Å². The Morgan fingerprint density at radius 2 is 1.88 bits per heavy atom. The number of H-pyrrole nitrogens is 1. The molecule has 0 aromatic carbocycles. The Hall–Kier alpha value is 0.509. The van der Waals surface area contributed by atoms with Gasteiger partial charge in [0.15, 0.2) is 0 Å². The summed E-state index contributed by atoms with van der Waals surface area (Å²) < 4.78 is 0. The molecule has 0 bridgehead atoms. The summed E-state index contributed by atoms with van der Waals surface area (Å²) in [5.41, 5.74) is 0. The molecule has 0 radical (unpaired) electrons. The Balaban J connectivity index is -0.0000000833. The molecular formula is C4H4Cl2IrN. The van der Waals surface area contributed by atoms with Crippen molar-refractivity contribution in [1.82, 2.24) is 4.98 Å². The zero-order chi connectivity index (χ0) is 3.54. The maximum absolute atomic E-state index is 2.74. The number of rotatable bonds is 0. The van der Waals surface area contributed by atoms with E-state index in [9.17, 15) is 0 Å². The van der Waals surface area contributed by atoms with Gasteiger partial charge in [0.05, 0.1) is 0 Å². The summed E-state index contributed by atoms with van der Waals surface area (Å²) in [5.74, 6) is 0.